The van der Waals surface area contributed by atoms with E-state index in [-0.39, 0.29) is 18.0 Å². The number of nitrogens with zero attached hydrogens (tertiary/aromatic N) is 3. The van der Waals surface area contributed by atoms with E-state index in [1.807, 2.05) is 6.07 Å². The van der Waals surface area contributed by atoms with Crippen molar-refractivity contribution in [1.29, 1.82) is 0 Å². The number of carbonyl (C=O) groups is 1. The maximum atomic E-state index is 12.3. The first-order chi connectivity index (χ1) is 13.1. The summed E-state index contributed by atoms with van der Waals surface area (Å²) >= 11 is 5.90. The molecule has 4 rings (SSSR count). The number of fused-ring (bicyclic) bond motifs is 1. The van der Waals surface area contributed by atoms with Crippen LogP contribution in [0.25, 0.3) is 22.2 Å². The van der Waals surface area contributed by atoms with Gasteiger partial charge in [-0.25, -0.2) is 4.68 Å². The quantitative estimate of drug-likeness (QED) is 0.570. The van der Waals surface area contributed by atoms with E-state index in [1.165, 1.54) is 6.07 Å². The molecule has 134 valence electrons. The number of rotatable bonds is 4. The van der Waals surface area contributed by atoms with Crippen LogP contribution in [0.15, 0.2) is 65.6 Å². The molecule has 0 radical (unpaired) electrons. The van der Waals surface area contributed by atoms with Crippen molar-refractivity contribution in [3.63, 3.8) is 0 Å². The average molecular weight is 380 g/mol. The van der Waals surface area contributed by atoms with Gasteiger partial charge >= 0.3 is 0 Å². The number of aromatic amines is 1. The monoisotopic (exact) mass is 379 g/mol. The van der Waals surface area contributed by atoms with Gasteiger partial charge in [-0.15, -0.1) is 0 Å². The molecular weight excluding hydrogens is 366 g/mol. The molecular formula is C19H14ClN5O2. The van der Waals surface area contributed by atoms with Gasteiger partial charge in [0.05, 0.1) is 17.4 Å². The minimum atomic E-state index is -0.355. The number of nitrogens with one attached hydrogen (secondary N) is 2. The van der Waals surface area contributed by atoms with E-state index in [4.69, 9.17) is 11.6 Å². The van der Waals surface area contributed by atoms with Gasteiger partial charge < -0.3 is 5.32 Å². The fourth-order valence-corrected chi connectivity index (χ4v) is 2.81. The smallest absolute Gasteiger partial charge is 0.267 e. The Hall–Kier alpha value is -3.45. The lowest BCUT2D eigenvalue weighted by atomic mass is 10.1. The molecule has 0 fully saturated rings. The molecule has 0 bridgehead atoms. The van der Waals surface area contributed by atoms with Crippen LogP contribution in [0.2, 0.25) is 5.02 Å². The summed E-state index contributed by atoms with van der Waals surface area (Å²) in [5.41, 5.74) is 2.45. The highest BCUT2D eigenvalue weighted by atomic mass is 35.5. The highest BCUT2D eigenvalue weighted by molar-refractivity contribution is 6.30. The number of H-pyrrole nitrogens is 1. The Bertz CT molecular complexity index is 1180. The van der Waals surface area contributed by atoms with Crippen molar-refractivity contribution >= 4 is 34.1 Å². The second-order valence-corrected chi connectivity index (χ2v) is 6.38. The summed E-state index contributed by atoms with van der Waals surface area (Å²) in [4.78, 5) is 24.4. The number of hydrogen-bond acceptors (Lipinski definition) is 4. The minimum Gasteiger partial charge on any atom is -0.324 e. The van der Waals surface area contributed by atoms with Gasteiger partial charge in [0.15, 0.2) is 0 Å². The first-order valence-electron chi connectivity index (χ1n) is 8.15. The molecule has 8 heteroatoms. The zero-order valence-corrected chi connectivity index (χ0v) is 14.8. The van der Waals surface area contributed by atoms with E-state index in [0.717, 1.165) is 21.1 Å². The lowest BCUT2D eigenvalue weighted by Gasteiger charge is -2.08. The predicted octanol–water partition coefficient (Wildman–Crippen LogP) is 3.08. The van der Waals surface area contributed by atoms with Gasteiger partial charge in [0, 0.05) is 27.7 Å². The molecule has 2 aromatic carbocycles. The third kappa shape index (κ3) is 3.73. The van der Waals surface area contributed by atoms with Gasteiger partial charge in [0.1, 0.15) is 6.54 Å². The van der Waals surface area contributed by atoms with Gasteiger partial charge in [-0.2, -0.15) is 10.2 Å². The molecule has 2 N–H and O–H groups in total. The molecule has 0 unspecified atom stereocenters. The van der Waals surface area contributed by atoms with Crippen LogP contribution < -0.4 is 10.9 Å². The van der Waals surface area contributed by atoms with E-state index in [9.17, 15) is 9.59 Å². The van der Waals surface area contributed by atoms with Gasteiger partial charge in [0.2, 0.25) is 5.91 Å². The summed E-state index contributed by atoms with van der Waals surface area (Å²) in [5.74, 6) is -0.350. The Morgan fingerprint density at radius 3 is 2.74 bits per heavy atom. The molecule has 2 aromatic heterocycles. The Morgan fingerprint density at radius 1 is 1.11 bits per heavy atom. The molecule has 27 heavy (non-hydrogen) atoms. The fraction of sp³-hybridized carbons (Fsp3) is 0.0526. The van der Waals surface area contributed by atoms with Crippen LogP contribution in [-0.2, 0) is 11.3 Å². The second kappa shape index (κ2) is 7.05. The van der Waals surface area contributed by atoms with E-state index in [1.54, 1.807) is 48.7 Å². The van der Waals surface area contributed by atoms with E-state index in [2.05, 4.69) is 20.6 Å². The number of hydrogen-bond donors (Lipinski definition) is 2. The normalized spacial score (nSPS) is 10.9. The molecule has 0 spiro atoms. The second-order valence-electron chi connectivity index (χ2n) is 5.94. The molecule has 0 aliphatic carbocycles. The maximum absolute atomic E-state index is 12.3. The number of benzene rings is 2. The van der Waals surface area contributed by atoms with Crippen molar-refractivity contribution in [2.45, 2.75) is 6.54 Å². The van der Waals surface area contributed by atoms with Crippen LogP contribution in [0, 0.1) is 0 Å². The predicted molar refractivity (Wildman–Crippen MR) is 104 cm³/mol. The molecule has 7 nitrogen and oxygen atoms in total. The molecule has 4 aromatic rings. The molecule has 0 saturated heterocycles. The molecule has 1 amide bonds. The molecule has 0 saturated carbocycles. The van der Waals surface area contributed by atoms with Crippen molar-refractivity contribution in [3.8, 4) is 11.3 Å². The molecule has 0 aliphatic rings. The zero-order chi connectivity index (χ0) is 18.8. The maximum Gasteiger partial charge on any atom is 0.267 e. The Labute approximate surface area is 158 Å². The van der Waals surface area contributed by atoms with Crippen molar-refractivity contribution in [1.82, 2.24) is 20.0 Å². The minimum absolute atomic E-state index is 0.193. The van der Waals surface area contributed by atoms with Gasteiger partial charge in [0.25, 0.3) is 5.56 Å². The van der Waals surface area contributed by atoms with Crippen LogP contribution in [0.3, 0.4) is 0 Å². The Morgan fingerprint density at radius 2 is 1.93 bits per heavy atom. The average Bonchev–Trinajstić information content (AvgIpc) is 3.12. The summed E-state index contributed by atoms with van der Waals surface area (Å²) < 4.78 is 1.13. The first kappa shape index (κ1) is 17.0. The number of carbonyl (C=O) groups excluding carboxylic acids is 1. The summed E-state index contributed by atoms with van der Waals surface area (Å²) in [6.45, 7) is -0.193. The third-order valence-corrected chi connectivity index (χ3v) is 4.28. The Balaban J connectivity index is 1.54. The highest BCUT2D eigenvalue weighted by Crippen LogP contribution is 2.19. The van der Waals surface area contributed by atoms with E-state index < -0.39 is 0 Å². The van der Waals surface area contributed by atoms with Crippen LogP contribution in [0.5, 0.6) is 0 Å². The molecule has 2 heterocycles. The van der Waals surface area contributed by atoms with Crippen molar-refractivity contribution in [3.05, 3.63) is 76.2 Å². The SMILES string of the molecule is O=C(Cn1nc(-c2ccc(Cl)cc2)ccc1=O)Nc1ccc2cn[nH]c2c1. The Kier molecular flexibility index (Phi) is 4.43. The van der Waals surface area contributed by atoms with Crippen molar-refractivity contribution in [2.24, 2.45) is 0 Å². The fourth-order valence-electron chi connectivity index (χ4n) is 2.69. The molecule has 0 atom stereocenters. The van der Waals surface area contributed by atoms with Crippen molar-refractivity contribution in [2.75, 3.05) is 5.32 Å². The number of halogens is 1. The highest BCUT2D eigenvalue weighted by Gasteiger charge is 2.09. The van der Waals surface area contributed by atoms with Gasteiger partial charge in [-0.1, -0.05) is 23.7 Å². The first-order valence-corrected chi connectivity index (χ1v) is 8.53. The van der Waals surface area contributed by atoms with Crippen molar-refractivity contribution < 1.29 is 4.79 Å². The van der Waals surface area contributed by atoms with Crippen LogP contribution in [0.1, 0.15) is 0 Å². The number of aromatic nitrogens is 4. The van der Waals surface area contributed by atoms with Gasteiger partial charge in [-0.3, -0.25) is 14.7 Å². The standard InChI is InChI=1S/C19H14ClN5O2/c20-14-4-1-12(2-5-14)16-7-8-19(27)25(24-16)11-18(26)22-15-6-3-13-10-21-23-17(13)9-15/h1-10H,11H2,(H,21,23)(H,22,26). The summed E-state index contributed by atoms with van der Waals surface area (Å²) in [6.07, 6.45) is 1.70. The number of amides is 1. The summed E-state index contributed by atoms with van der Waals surface area (Å²) in [5, 5.41) is 15.4. The third-order valence-electron chi connectivity index (χ3n) is 4.03. The lowest BCUT2D eigenvalue weighted by Crippen LogP contribution is -2.29. The molecule has 0 aliphatic heterocycles. The van der Waals surface area contributed by atoms with Gasteiger partial charge in [-0.05, 0) is 36.4 Å². The zero-order valence-electron chi connectivity index (χ0n) is 14.0. The van der Waals surface area contributed by atoms with Crippen LogP contribution in [-0.4, -0.2) is 25.9 Å². The summed E-state index contributed by atoms with van der Waals surface area (Å²) in [6, 6.07) is 15.5. The topological polar surface area (TPSA) is 92.7 Å². The number of anilines is 1. The van der Waals surface area contributed by atoms with Crippen LogP contribution in [0.4, 0.5) is 5.69 Å². The largest absolute Gasteiger partial charge is 0.324 e. The summed E-state index contributed by atoms with van der Waals surface area (Å²) in [7, 11) is 0. The van der Waals surface area contributed by atoms with E-state index >= 15 is 0 Å². The van der Waals surface area contributed by atoms with E-state index in [0.29, 0.717) is 16.4 Å². The van der Waals surface area contributed by atoms with Crippen LogP contribution >= 0.6 is 11.6 Å². The lowest BCUT2D eigenvalue weighted by molar-refractivity contribution is -0.117.